The van der Waals surface area contributed by atoms with Crippen LogP contribution in [0.2, 0.25) is 0 Å². The van der Waals surface area contributed by atoms with E-state index in [0.29, 0.717) is 5.82 Å². The van der Waals surface area contributed by atoms with Gasteiger partial charge in [-0.25, -0.2) is 4.98 Å². The van der Waals surface area contributed by atoms with Crippen LogP contribution in [0.5, 0.6) is 5.75 Å². The highest BCUT2D eigenvalue weighted by Crippen LogP contribution is 2.30. The zero-order valence-corrected chi connectivity index (χ0v) is 13.9. The van der Waals surface area contributed by atoms with E-state index in [4.69, 9.17) is 5.73 Å². The number of fused-ring (bicyclic) bond motifs is 3. The number of nitrogens with zero attached hydrogens (tertiary/aromatic N) is 3. The van der Waals surface area contributed by atoms with Crippen molar-refractivity contribution in [1.29, 1.82) is 0 Å². The normalized spacial score (nSPS) is 11.2. The summed E-state index contributed by atoms with van der Waals surface area (Å²) in [5, 5.41) is 11.5. The molecule has 3 heterocycles. The Balaban J connectivity index is 1.83. The molecule has 0 saturated heterocycles. The molecule has 0 fully saturated rings. The van der Waals surface area contributed by atoms with E-state index in [2.05, 4.69) is 27.1 Å². The molecule has 0 bridgehead atoms. The third kappa shape index (κ3) is 2.85. The van der Waals surface area contributed by atoms with Gasteiger partial charge in [-0.05, 0) is 55.2 Å². The number of aryl methyl sites for hydroxylation is 3. The summed E-state index contributed by atoms with van der Waals surface area (Å²) in [7, 11) is 0. The zero-order chi connectivity index (χ0) is 17.4. The highest BCUT2D eigenvalue weighted by Gasteiger charge is 2.12. The predicted molar refractivity (Wildman–Crippen MR) is 99.5 cm³/mol. The van der Waals surface area contributed by atoms with Crippen molar-refractivity contribution < 1.29 is 5.11 Å². The van der Waals surface area contributed by atoms with Gasteiger partial charge in [0.25, 0.3) is 0 Å². The largest absolute Gasteiger partial charge is 0.506 e. The first-order valence-corrected chi connectivity index (χ1v) is 8.19. The number of rotatable bonds is 3. The maximum atomic E-state index is 9.36. The number of nitrogen functional groups attached to an aromatic ring is 1. The summed E-state index contributed by atoms with van der Waals surface area (Å²) >= 11 is 0. The summed E-state index contributed by atoms with van der Waals surface area (Å²) in [5.41, 5.74) is 11.0. The van der Waals surface area contributed by atoms with Gasteiger partial charge in [0.05, 0.1) is 11.7 Å². The molecule has 0 aliphatic rings. The molecule has 0 unspecified atom stereocenters. The molecule has 25 heavy (non-hydrogen) atoms. The molecule has 5 nitrogen and oxygen atoms in total. The molecule has 4 rings (SSSR count). The number of pyridine rings is 3. The van der Waals surface area contributed by atoms with Gasteiger partial charge >= 0.3 is 0 Å². The predicted octanol–water partition coefficient (Wildman–Crippen LogP) is 3.56. The van der Waals surface area contributed by atoms with E-state index in [9.17, 15) is 5.11 Å². The fourth-order valence-corrected chi connectivity index (χ4v) is 3.16. The van der Waals surface area contributed by atoms with Crippen molar-refractivity contribution in [3.05, 3.63) is 65.6 Å². The van der Waals surface area contributed by atoms with Crippen LogP contribution < -0.4 is 5.73 Å². The van der Waals surface area contributed by atoms with E-state index in [-0.39, 0.29) is 5.75 Å². The van der Waals surface area contributed by atoms with Crippen LogP contribution in [-0.2, 0) is 12.8 Å². The van der Waals surface area contributed by atoms with Gasteiger partial charge in [0, 0.05) is 22.7 Å². The van der Waals surface area contributed by atoms with Gasteiger partial charge in [0.15, 0.2) is 5.82 Å². The quantitative estimate of drug-likeness (QED) is 0.561. The van der Waals surface area contributed by atoms with Gasteiger partial charge in [0.2, 0.25) is 0 Å². The highest BCUT2D eigenvalue weighted by atomic mass is 16.3. The van der Waals surface area contributed by atoms with Gasteiger partial charge in [-0.3, -0.25) is 9.97 Å². The fraction of sp³-hybridized carbons (Fsp3) is 0.150. The molecule has 0 radical (unpaired) electrons. The maximum absolute atomic E-state index is 9.36. The second-order valence-corrected chi connectivity index (χ2v) is 6.22. The van der Waals surface area contributed by atoms with Crippen molar-refractivity contribution in [1.82, 2.24) is 15.0 Å². The van der Waals surface area contributed by atoms with Gasteiger partial charge in [-0.2, -0.15) is 0 Å². The molecule has 124 valence electrons. The standard InChI is InChI=1S/C20H18N4O/c1-12-2-7-16-17(10-12)24-20(21)19-18(16)13(8-9-22-19)3-4-14-5-6-15(25)11-23-14/h2,5-11,25H,3-4H2,1H3,(H2,21,24). The number of aromatic hydroxyl groups is 1. The summed E-state index contributed by atoms with van der Waals surface area (Å²) in [6, 6.07) is 11.7. The average molecular weight is 330 g/mol. The van der Waals surface area contributed by atoms with Crippen LogP contribution in [0.3, 0.4) is 0 Å². The molecule has 0 aliphatic heterocycles. The lowest BCUT2D eigenvalue weighted by Gasteiger charge is -2.11. The minimum Gasteiger partial charge on any atom is -0.506 e. The van der Waals surface area contributed by atoms with Crippen LogP contribution >= 0.6 is 0 Å². The molecular weight excluding hydrogens is 312 g/mol. The van der Waals surface area contributed by atoms with Crippen molar-refractivity contribution in [3.8, 4) is 5.75 Å². The summed E-state index contributed by atoms with van der Waals surface area (Å²) in [6.07, 6.45) is 4.83. The minimum atomic E-state index is 0.179. The van der Waals surface area contributed by atoms with Gasteiger partial charge in [0.1, 0.15) is 11.3 Å². The van der Waals surface area contributed by atoms with Gasteiger partial charge in [-0.15, -0.1) is 0 Å². The first-order valence-electron chi connectivity index (χ1n) is 8.19. The number of aromatic nitrogens is 3. The van der Waals surface area contributed by atoms with Gasteiger partial charge < -0.3 is 10.8 Å². The first kappa shape index (κ1) is 15.3. The summed E-state index contributed by atoms with van der Waals surface area (Å²) in [5.74, 6) is 0.635. The monoisotopic (exact) mass is 330 g/mol. The Labute approximate surface area is 145 Å². The molecule has 0 aliphatic carbocycles. The second-order valence-electron chi connectivity index (χ2n) is 6.22. The lowest BCUT2D eigenvalue weighted by atomic mass is 9.99. The SMILES string of the molecule is Cc1ccc2c(c1)nc(N)c1nccc(CCc3ccc(O)cn3)c12. The summed E-state index contributed by atoms with van der Waals surface area (Å²) < 4.78 is 0. The topological polar surface area (TPSA) is 84.9 Å². The van der Waals surface area contributed by atoms with Crippen LogP contribution in [0.25, 0.3) is 21.8 Å². The number of anilines is 1. The zero-order valence-electron chi connectivity index (χ0n) is 13.9. The third-order valence-corrected chi connectivity index (χ3v) is 4.40. The van der Waals surface area contributed by atoms with E-state index in [1.807, 2.05) is 25.1 Å². The molecular formula is C20H18N4O. The lowest BCUT2D eigenvalue weighted by Crippen LogP contribution is -2.00. The highest BCUT2D eigenvalue weighted by molar-refractivity contribution is 6.09. The molecule has 5 heteroatoms. The van der Waals surface area contributed by atoms with E-state index in [1.165, 1.54) is 11.8 Å². The van der Waals surface area contributed by atoms with Crippen LogP contribution in [0, 0.1) is 6.92 Å². The molecule has 0 atom stereocenters. The Morgan fingerprint density at radius 2 is 1.92 bits per heavy atom. The first-order chi connectivity index (χ1) is 12.1. The molecule has 4 aromatic rings. The fourth-order valence-electron chi connectivity index (χ4n) is 3.16. The van der Waals surface area contributed by atoms with Crippen molar-refractivity contribution in [2.24, 2.45) is 0 Å². The van der Waals surface area contributed by atoms with Crippen molar-refractivity contribution in [2.45, 2.75) is 19.8 Å². The van der Waals surface area contributed by atoms with Crippen LogP contribution in [0.15, 0.2) is 48.8 Å². The van der Waals surface area contributed by atoms with Crippen molar-refractivity contribution in [3.63, 3.8) is 0 Å². The second kappa shape index (κ2) is 6.02. The number of benzene rings is 1. The lowest BCUT2D eigenvalue weighted by molar-refractivity contribution is 0.472. The Hall–Kier alpha value is -3.21. The molecule has 3 aromatic heterocycles. The van der Waals surface area contributed by atoms with Crippen LogP contribution in [0.1, 0.15) is 16.8 Å². The minimum absolute atomic E-state index is 0.179. The molecule has 1 aromatic carbocycles. The third-order valence-electron chi connectivity index (χ3n) is 4.40. The van der Waals surface area contributed by atoms with E-state index in [0.717, 1.165) is 45.9 Å². The Kier molecular flexibility index (Phi) is 3.69. The molecule has 0 saturated carbocycles. The number of hydrogen-bond donors (Lipinski definition) is 2. The Bertz CT molecular complexity index is 1070. The average Bonchev–Trinajstić information content (AvgIpc) is 2.61. The number of hydrogen-bond acceptors (Lipinski definition) is 5. The van der Waals surface area contributed by atoms with Crippen LogP contribution in [0.4, 0.5) is 5.82 Å². The molecule has 0 spiro atoms. The Morgan fingerprint density at radius 3 is 2.72 bits per heavy atom. The van der Waals surface area contributed by atoms with E-state index in [1.54, 1.807) is 12.3 Å². The molecule has 0 amide bonds. The maximum Gasteiger partial charge on any atom is 0.150 e. The molecule has 3 N–H and O–H groups in total. The number of nitrogens with two attached hydrogens (primary N) is 1. The Morgan fingerprint density at radius 1 is 1.04 bits per heavy atom. The summed E-state index contributed by atoms with van der Waals surface area (Å²) in [4.78, 5) is 13.2. The van der Waals surface area contributed by atoms with Crippen molar-refractivity contribution in [2.75, 3.05) is 5.73 Å². The van der Waals surface area contributed by atoms with E-state index >= 15 is 0 Å². The smallest absolute Gasteiger partial charge is 0.150 e. The van der Waals surface area contributed by atoms with Crippen molar-refractivity contribution >= 4 is 27.6 Å². The van der Waals surface area contributed by atoms with E-state index < -0.39 is 0 Å². The van der Waals surface area contributed by atoms with Crippen LogP contribution in [-0.4, -0.2) is 20.1 Å². The summed E-state index contributed by atoms with van der Waals surface area (Å²) in [6.45, 7) is 2.04. The van der Waals surface area contributed by atoms with Gasteiger partial charge in [-0.1, -0.05) is 12.1 Å².